The van der Waals surface area contributed by atoms with Gasteiger partial charge in [0, 0.05) is 29.1 Å². The smallest absolute Gasteiger partial charge is 0.226 e. The van der Waals surface area contributed by atoms with Crippen molar-refractivity contribution in [1.82, 2.24) is 14.7 Å². The highest BCUT2D eigenvalue weighted by molar-refractivity contribution is 5.87. The van der Waals surface area contributed by atoms with Gasteiger partial charge in [-0.15, -0.1) is 0 Å². The van der Waals surface area contributed by atoms with Crippen molar-refractivity contribution < 1.29 is 9.32 Å². The van der Waals surface area contributed by atoms with Crippen molar-refractivity contribution in [1.29, 1.82) is 0 Å². The van der Waals surface area contributed by atoms with Crippen LogP contribution in [-0.2, 0) is 13.0 Å². The molecule has 0 unspecified atom stereocenters. The second-order valence-corrected chi connectivity index (χ2v) is 4.34. The Balaban J connectivity index is 1.94. The Hall–Kier alpha value is -2.43. The first-order chi connectivity index (χ1) is 9.30. The van der Waals surface area contributed by atoms with E-state index in [0.29, 0.717) is 23.8 Å². The molecule has 0 N–H and O–H groups in total. The lowest BCUT2D eigenvalue weighted by Crippen LogP contribution is -2.00. The number of aldehydes is 1. The number of aryl methyl sites for hydroxylation is 1. The summed E-state index contributed by atoms with van der Waals surface area (Å²) in [7, 11) is 0. The summed E-state index contributed by atoms with van der Waals surface area (Å²) in [6.07, 6.45) is 3.55. The van der Waals surface area contributed by atoms with Crippen LogP contribution in [0.25, 0.3) is 10.9 Å². The van der Waals surface area contributed by atoms with Crippen LogP contribution in [0.2, 0.25) is 0 Å². The molecule has 3 rings (SSSR count). The van der Waals surface area contributed by atoms with Crippen molar-refractivity contribution in [2.75, 3.05) is 0 Å². The van der Waals surface area contributed by atoms with Gasteiger partial charge in [-0.05, 0) is 24.3 Å². The SMILES string of the molecule is CCc1nc(Cn2ccc3cc(C=O)ccc32)no1. The van der Waals surface area contributed by atoms with Crippen molar-refractivity contribution in [2.24, 2.45) is 0 Å². The molecule has 0 amide bonds. The number of aromatic nitrogens is 3. The number of rotatable bonds is 4. The summed E-state index contributed by atoms with van der Waals surface area (Å²) >= 11 is 0. The first-order valence-corrected chi connectivity index (χ1v) is 6.15. The first kappa shape index (κ1) is 11.6. The van der Waals surface area contributed by atoms with E-state index in [1.165, 1.54) is 0 Å². The van der Waals surface area contributed by atoms with Gasteiger partial charge in [-0.2, -0.15) is 4.98 Å². The van der Waals surface area contributed by atoms with Crippen LogP contribution in [-0.4, -0.2) is 21.0 Å². The predicted octanol–water partition coefficient (Wildman–Crippen LogP) is 2.45. The van der Waals surface area contributed by atoms with Crippen molar-refractivity contribution in [3.63, 3.8) is 0 Å². The third-order valence-electron chi connectivity index (χ3n) is 3.06. The van der Waals surface area contributed by atoms with Gasteiger partial charge in [-0.1, -0.05) is 12.1 Å². The molecule has 5 heteroatoms. The van der Waals surface area contributed by atoms with Crippen LogP contribution in [0.15, 0.2) is 35.0 Å². The van der Waals surface area contributed by atoms with Crippen LogP contribution in [0.1, 0.15) is 29.0 Å². The summed E-state index contributed by atoms with van der Waals surface area (Å²) < 4.78 is 7.13. The number of carbonyl (C=O) groups is 1. The molecule has 5 nitrogen and oxygen atoms in total. The second kappa shape index (κ2) is 4.68. The zero-order chi connectivity index (χ0) is 13.2. The van der Waals surface area contributed by atoms with Gasteiger partial charge in [0.25, 0.3) is 0 Å². The third-order valence-corrected chi connectivity index (χ3v) is 3.06. The quantitative estimate of drug-likeness (QED) is 0.672. The van der Waals surface area contributed by atoms with Gasteiger partial charge in [-0.3, -0.25) is 4.79 Å². The van der Waals surface area contributed by atoms with E-state index in [0.717, 1.165) is 23.6 Å². The maximum atomic E-state index is 10.7. The van der Waals surface area contributed by atoms with Gasteiger partial charge in [0.05, 0.1) is 6.54 Å². The highest BCUT2D eigenvalue weighted by atomic mass is 16.5. The van der Waals surface area contributed by atoms with Gasteiger partial charge >= 0.3 is 0 Å². The Morgan fingerprint density at radius 3 is 3.00 bits per heavy atom. The minimum atomic E-state index is 0.563. The Labute approximate surface area is 109 Å². The average Bonchev–Trinajstić information content (AvgIpc) is 3.06. The summed E-state index contributed by atoms with van der Waals surface area (Å²) in [5.41, 5.74) is 1.73. The van der Waals surface area contributed by atoms with E-state index in [4.69, 9.17) is 4.52 Å². The molecule has 0 aliphatic rings. The zero-order valence-corrected chi connectivity index (χ0v) is 10.5. The Kier molecular flexibility index (Phi) is 2.87. The lowest BCUT2D eigenvalue weighted by Gasteiger charge is -2.01. The standard InChI is InChI=1S/C14H13N3O2/c1-2-14-15-13(16-19-14)8-17-6-5-11-7-10(9-18)3-4-12(11)17/h3-7,9H,2,8H2,1H3. The summed E-state index contributed by atoms with van der Waals surface area (Å²) in [5, 5.41) is 4.97. The highest BCUT2D eigenvalue weighted by Gasteiger charge is 2.07. The number of benzene rings is 1. The average molecular weight is 255 g/mol. The largest absolute Gasteiger partial charge is 0.340 e. The third kappa shape index (κ3) is 2.14. The van der Waals surface area contributed by atoms with Crippen LogP contribution in [0, 0.1) is 0 Å². The van der Waals surface area contributed by atoms with E-state index < -0.39 is 0 Å². The van der Waals surface area contributed by atoms with E-state index >= 15 is 0 Å². The van der Waals surface area contributed by atoms with Crippen molar-refractivity contribution in [2.45, 2.75) is 19.9 Å². The molecule has 0 atom stereocenters. The molecule has 2 heterocycles. The molecule has 96 valence electrons. The van der Waals surface area contributed by atoms with Gasteiger partial charge in [0.15, 0.2) is 5.82 Å². The van der Waals surface area contributed by atoms with E-state index in [9.17, 15) is 4.79 Å². The zero-order valence-electron chi connectivity index (χ0n) is 10.5. The van der Waals surface area contributed by atoms with Gasteiger partial charge < -0.3 is 9.09 Å². The topological polar surface area (TPSA) is 60.9 Å². The summed E-state index contributed by atoms with van der Waals surface area (Å²) in [6, 6.07) is 7.58. The predicted molar refractivity (Wildman–Crippen MR) is 70.1 cm³/mol. The molecule has 19 heavy (non-hydrogen) atoms. The molecule has 0 fully saturated rings. The van der Waals surface area contributed by atoms with Crippen molar-refractivity contribution in [3.8, 4) is 0 Å². The Bertz CT molecular complexity index is 727. The van der Waals surface area contributed by atoms with Crippen LogP contribution in [0.4, 0.5) is 0 Å². The fourth-order valence-corrected chi connectivity index (χ4v) is 2.08. The fourth-order valence-electron chi connectivity index (χ4n) is 2.08. The number of carbonyl (C=O) groups excluding carboxylic acids is 1. The Morgan fingerprint density at radius 1 is 1.37 bits per heavy atom. The molecule has 3 aromatic rings. The maximum absolute atomic E-state index is 10.7. The van der Waals surface area contributed by atoms with Crippen molar-refractivity contribution >= 4 is 17.2 Å². The number of fused-ring (bicyclic) bond motifs is 1. The monoisotopic (exact) mass is 255 g/mol. The molecule has 0 saturated carbocycles. The molecule has 0 aliphatic heterocycles. The lowest BCUT2D eigenvalue weighted by molar-refractivity contribution is 0.112. The minimum absolute atomic E-state index is 0.563. The molecule has 0 bridgehead atoms. The molecular formula is C14H13N3O2. The molecular weight excluding hydrogens is 242 g/mol. The van der Waals surface area contributed by atoms with Crippen LogP contribution in [0.3, 0.4) is 0 Å². The van der Waals surface area contributed by atoms with E-state index in [1.807, 2.05) is 35.9 Å². The number of hydrogen-bond acceptors (Lipinski definition) is 4. The maximum Gasteiger partial charge on any atom is 0.226 e. The highest BCUT2D eigenvalue weighted by Crippen LogP contribution is 2.18. The van der Waals surface area contributed by atoms with E-state index in [-0.39, 0.29) is 0 Å². The molecule has 2 aromatic heterocycles. The molecule has 0 spiro atoms. The normalized spacial score (nSPS) is 11.0. The van der Waals surface area contributed by atoms with Crippen LogP contribution < -0.4 is 0 Å². The second-order valence-electron chi connectivity index (χ2n) is 4.34. The summed E-state index contributed by atoms with van der Waals surface area (Å²) in [6.45, 7) is 2.54. The fraction of sp³-hybridized carbons (Fsp3) is 0.214. The molecule has 1 aromatic carbocycles. The van der Waals surface area contributed by atoms with Crippen molar-refractivity contribution in [3.05, 3.63) is 47.7 Å². The minimum Gasteiger partial charge on any atom is -0.340 e. The summed E-state index contributed by atoms with van der Waals surface area (Å²) in [5.74, 6) is 1.31. The molecule has 0 aliphatic carbocycles. The molecule has 0 saturated heterocycles. The summed E-state index contributed by atoms with van der Waals surface area (Å²) in [4.78, 5) is 15.0. The van der Waals surface area contributed by atoms with Gasteiger partial charge in [0.2, 0.25) is 5.89 Å². The Morgan fingerprint density at radius 2 is 2.26 bits per heavy atom. The molecule has 0 radical (unpaired) electrons. The first-order valence-electron chi connectivity index (χ1n) is 6.15. The van der Waals surface area contributed by atoms with Crippen LogP contribution >= 0.6 is 0 Å². The van der Waals surface area contributed by atoms with Gasteiger partial charge in [0.1, 0.15) is 6.29 Å². The number of hydrogen-bond donors (Lipinski definition) is 0. The van der Waals surface area contributed by atoms with E-state index in [1.54, 1.807) is 6.07 Å². The lowest BCUT2D eigenvalue weighted by atomic mass is 10.2. The number of nitrogens with zero attached hydrogens (tertiary/aromatic N) is 3. The van der Waals surface area contributed by atoms with Crippen LogP contribution in [0.5, 0.6) is 0 Å². The van der Waals surface area contributed by atoms with E-state index in [2.05, 4.69) is 10.1 Å². The van der Waals surface area contributed by atoms with Gasteiger partial charge in [-0.25, -0.2) is 0 Å².